The molecule has 88 valence electrons. The van der Waals surface area contributed by atoms with Gasteiger partial charge in [-0.15, -0.1) is 0 Å². The van der Waals surface area contributed by atoms with Crippen molar-refractivity contribution in [2.75, 3.05) is 0 Å². The van der Waals surface area contributed by atoms with Gasteiger partial charge in [0.25, 0.3) is 0 Å². The van der Waals surface area contributed by atoms with Gasteiger partial charge in [0.15, 0.2) is 0 Å². The summed E-state index contributed by atoms with van der Waals surface area (Å²) in [5, 5.41) is 0. The molecule has 16 heavy (non-hydrogen) atoms. The third-order valence-electron chi connectivity index (χ3n) is 4.06. The van der Waals surface area contributed by atoms with E-state index in [9.17, 15) is 0 Å². The van der Waals surface area contributed by atoms with Crippen LogP contribution in [0.2, 0.25) is 0 Å². The fraction of sp³-hybridized carbons (Fsp3) is 0.615. The molecule has 1 aromatic rings. The number of nitrogens with zero attached hydrogens (tertiary/aromatic N) is 1. The van der Waals surface area contributed by atoms with Crippen LogP contribution in [0, 0.1) is 5.41 Å². The molecule has 1 unspecified atom stereocenters. The van der Waals surface area contributed by atoms with E-state index in [1.807, 2.05) is 12.3 Å². The largest absolute Gasteiger partial charge is 0.324 e. The summed E-state index contributed by atoms with van der Waals surface area (Å²) in [5.41, 5.74) is 7.79. The lowest BCUT2D eigenvalue weighted by Gasteiger charge is -2.38. The van der Waals surface area contributed by atoms with Gasteiger partial charge in [-0.1, -0.05) is 20.3 Å². The minimum atomic E-state index is -0.0895. The van der Waals surface area contributed by atoms with Gasteiger partial charge in [-0.05, 0) is 46.3 Å². The third kappa shape index (κ3) is 2.16. The molecule has 1 aromatic heterocycles. The van der Waals surface area contributed by atoms with E-state index in [1.165, 1.54) is 12.8 Å². The Balaban J connectivity index is 2.18. The summed E-state index contributed by atoms with van der Waals surface area (Å²) in [7, 11) is 0. The Morgan fingerprint density at radius 2 is 2.12 bits per heavy atom. The van der Waals surface area contributed by atoms with E-state index < -0.39 is 0 Å². The Morgan fingerprint density at radius 1 is 1.38 bits per heavy atom. The highest BCUT2D eigenvalue weighted by Crippen LogP contribution is 2.45. The van der Waals surface area contributed by atoms with E-state index in [0.29, 0.717) is 0 Å². The lowest BCUT2D eigenvalue weighted by Crippen LogP contribution is -2.50. The van der Waals surface area contributed by atoms with Gasteiger partial charge in [-0.2, -0.15) is 0 Å². The molecule has 0 bridgehead atoms. The van der Waals surface area contributed by atoms with Gasteiger partial charge in [-0.3, -0.25) is 4.98 Å². The molecule has 2 rings (SSSR count). The standard InChI is InChI=1S/C13H19BrN2/c1-12(2)6-3-7-13(12,15)8-11-5-4-10(14)9-16-11/h4-5,9H,3,6-8,15H2,1-2H3. The van der Waals surface area contributed by atoms with Crippen LogP contribution < -0.4 is 5.73 Å². The van der Waals surface area contributed by atoms with Crippen LogP contribution in [0.1, 0.15) is 38.8 Å². The number of hydrogen-bond acceptors (Lipinski definition) is 2. The summed E-state index contributed by atoms with van der Waals surface area (Å²) in [6, 6.07) is 4.10. The summed E-state index contributed by atoms with van der Waals surface area (Å²) in [4.78, 5) is 4.43. The molecule has 1 aliphatic rings. The summed E-state index contributed by atoms with van der Waals surface area (Å²) in [6.07, 6.45) is 6.30. The fourth-order valence-electron chi connectivity index (χ4n) is 2.59. The van der Waals surface area contributed by atoms with E-state index in [2.05, 4.69) is 40.8 Å². The highest BCUT2D eigenvalue weighted by Gasteiger charge is 2.45. The molecule has 2 nitrogen and oxygen atoms in total. The predicted octanol–water partition coefficient (Wildman–Crippen LogP) is 3.29. The summed E-state index contributed by atoms with van der Waals surface area (Å²) < 4.78 is 1.02. The molecule has 1 atom stereocenters. The van der Waals surface area contributed by atoms with Crippen molar-refractivity contribution in [1.29, 1.82) is 0 Å². The number of pyridine rings is 1. The Morgan fingerprint density at radius 3 is 2.62 bits per heavy atom. The molecule has 0 radical (unpaired) electrons. The van der Waals surface area contributed by atoms with Crippen LogP contribution >= 0.6 is 15.9 Å². The maximum atomic E-state index is 6.56. The zero-order chi connectivity index (χ0) is 11.8. The van der Waals surface area contributed by atoms with Crippen LogP contribution in [0.15, 0.2) is 22.8 Å². The number of rotatable bonds is 2. The van der Waals surface area contributed by atoms with Crippen molar-refractivity contribution < 1.29 is 0 Å². The molecule has 0 aromatic carbocycles. The first-order chi connectivity index (χ1) is 7.43. The zero-order valence-corrected chi connectivity index (χ0v) is 11.5. The topological polar surface area (TPSA) is 38.9 Å². The van der Waals surface area contributed by atoms with Crippen molar-refractivity contribution in [1.82, 2.24) is 4.98 Å². The van der Waals surface area contributed by atoms with Crippen molar-refractivity contribution in [2.24, 2.45) is 11.1 Å². The molecule has 0 aliphatic heterocycles. The second kappa shape index (κ2) is 4.11. The molecule has 2 N–H and O–H groups in total. The fourth-order valence-corrected chi connectivity index (χ4v) is 2.83. The summed E-state index contributed by atoms with van der Waals surface area (Å²) in [6.45, 7) is 4.55. The van der Waals surface area contributed by atoms with Crippen molar-refractivity contribution in [3.8, 4) is 0 Å². The van der Waals surface area contributed by atoms with E-state index in [-0.39, 0.29) is 11.0 Å². The minimum absolute atomic E-state index is 0.0895. The second-order valence-electron chi connectivity index (χ2n) is 5.54. The predicted molar refractivity (Wildman–Crippen MR) is 70.2 cm³/mol. The maximum Gasteiger partial charge on any atom is 0.0422 e. The van der Waals surface area contributed by atoms with Crippen LogP contribution in [-0.4, -0.2) is 10.5 Å². The Kier molecular flexibility index (Phi) is 3.10. The van der Waals surface area contributed by atoms with Gasteiger partial charge >= 0.3 is 0 Å². The number of nitrogens with two attached hydrogens (primary N) is 1. The minimum Gasteiger partial charge on any atom is -0.324 e. The Bertz CT molecular complexity index is 372. The van der Waals surface area contributed by atoms with Gasteiger partial charge in [0.05, 0.1) is 0 Å². The number of aromatic nitrogens is 1. The van der Waals surface area contributed by atoms with Crippen LogP contribution in [0.3, 0.4) is 0 Å². The third-order valence-corrected chi connectivity index (χ3v) is 4.53. The zero-order valence-electron chi connectivity index (χ0n) is 9.96. The van der Waals surface area contributed by atoms with Gasteiger partial charge in [0.2, 0.25) is 0 Å². The van der Waals surface area contributed by atoms with Gasteiger partial charge < -0.3 is 5.73 Å². The Hall–Kier alpha value is -0.410. The average molecular weight is 283 g/mol. The van der Waals surface area contributed by atoms with Crippen LogP contribution in [-0.2, 0) is 6.42 Å². The van der Waals surface area contributed by atoms with E-state index in [1.54, 1.807) is 0 Å². The molecule has 1 heterocycles. The molecule has 0 saturated heterocycles. The summed E-state index contributed by atoms with van der Waals surface area (Å²) in [5.74, 6) is 0. The van der Waals surface area contributed by atoms with Gasteiger partial charge in [0, 0.05) is 28.3 Å². The van der Waals surface area contributed by atoms with Crippen LogP contribution in [0.5, 0.6) is 0 Å². The van der Waals surface area contributed by atoms with E-state index >= 15 is 0 Å². The molecule has 1 aliphatic carbocycles. The van der Waals surface area contributed by atoms with E-state index in [4.69, 9.17) is 5.73 Å². The van der Waals surface area contributed by atoms with Gasteiger partial charge in [0.1, 0.15) is 0 Å². The number of halogens is 1. The van der Waals surface area contributed by atoms with Crippen molar-refractivity contribution >= 4 is 15.9 Å². The first-order valence-corrected chi connectivity index (χ1v) is 6.62. The molecule has 1 fully saturated rings. The SMILES string of the molecule is CC1(C)CCCC1(N)Cc1ccc(Br)cn1. The second-order valence-corrected chi connectivity index (χ2v) is 6.45. The van der Waals surface area contributed by atoms with Crippen molar-refractivity contribution in [3.63, 3.8) is 0 Å². The first-order valence-electron chi connectivity index (χ1n) is 5.82. The molecule has 0 amide bonds. The molecular formula is C13H19BrN2. The van der Waals surface area contributed by atoms with Crippen molar-refractivity contribution in [3.05, 3.63) is 28.5 Å². The lowest BCUT2D eigenvalue weighted by molar-refractivity contribution is 0.205. The monoisotopic (exact) mass is 282 g/mol. The quantitative estimate of drug-likeness (QED) is 0.904. The smallest absolute Gasteiger partial charge is 0.0422 e. The highest BCUT2D eigenvalue weighted by atomic mass is 79.9. The lowest BCUT2D eigenvalue weighted by atomic mass is 9.73. The van der Waals surface area contributed by atoms with E-state index in [0.717, 1.165) is 23.0 Å². The summed E-state index contributed by atoms with van der Waals surface area (Å²) >= 11 is 3.40. The molecule has 1 saturated carbocycles. The van der Waals surface area contributed by atoms with Crippen LogP contribution in [0.25, 0.3) is 0 Å². The molecular weight excluding hydrogens is 264 g/mol. The first kappa shape index (κ1) is 12.1. The van der Waals surface area contributed by atoms with Gasteiger partial charge in [-0.25, -0.2) is 0 Å². The highest BCUT2D eigenvalue weighted by molar-refractivity contribution is 9.10. The average Bonchev–Trinajstić information content (AvgIpc) is 2.45. The normalized spacial score (nSPS) is 28.2. The number of hydrogen-bond donors (Lipinski definition) is 1. The Labute approximate surface area is 106 Å². The van der Waals surface area contributed by atoms with Crippen molar-refractivity contribution in [2.45, 2.75) is 45.1 Å². The molecule has 0 spiro atoms. The molecule has 3 heteroatoms. The maximum absolute atomic E-state index is 6.56. The van der Waals surface area contributed by atoms with Crippen LogP contribution in [0.4, 0.5) is 0 Å².